The summed E-state index contributed by atoms with van der Waals surface area (Å²) in [6.45, 7) is 2.52. The average Bonchev–Trinajstić information content (AvgIpc) is 3.21. The van der Waals surface area contributed by atoms with Crippen LogP contribution >= 0.6 is 11.6 Å². The van der Waals surface area contributed by atoms with E-state index in [0.717, 1.165) is 0 Å². The largest absolute Gasteiger partial charge is 0.452 e. The number of alkyl halides is 3. The first-order valence-electron chi connectivity index (χ1n) is 9.26. The smallest absolute Gasteiger partial charge is 0.431 e. The van der Waals surface area contributed by atoms with Crippen LogP contribution in [0.3, 0.4) is 0 Å². The van der Waals surface area contributed by atoms with Crippen LogP contribution in [0.15, 0.2) is 47.0 Å². The number of ether oxygens (including phenoxy) is 1. The van der Waals surface area contributed by atoms with E-state index in [1.807, 2.05) is 4.90 Å². The highest BCUT2D eigenvalue weighted by atomic mass is 35.5. The average molecular weight is 453 g/mol. The lowest BCUT2D eigenvalue weighted by Crippen LogP contribution is -2.36. The van der Waals surface area contributed by atoms with Gasteiger partial charge in [0, 0.05) is 13.1 Å². The van der Waals surface area contributed by atoms with E-state index in [2.05, 4.69) is 15.3 Å². The summed E-state index contributed by atoms with van der Waals surface area (Å²) in [5.41, 5.74) is -0.526. The number of nitrogens with zero attached hydrogens (tertiary/aromatic N) is 3. The van der Waals surface area contributed by atoms with Crippen molar-refractivity contribution in [3.63, 3.8) is 0 Å². The molecule has 1 saturated heterocycles. The van der Waals surface area contributed by atoms with Gasteiger partial charge in [-0.25, -0.2) is 9.97 Å². The van der Waals surface area contributed by atoms with Gasteiger partial charge in [-0.3, -0.25) is 4.79 Å². The fourth-order valence-corrected chi connectivity index (χ4v) is 3.26. The predicted molar refractivity (Wildman–Crippen MR) is 107 cm³/mol. The highest BCUT2D eigenvalue weighted by molar-refractivity contribution is 6.33. The Hall–Kier alpha value is -3.11. The summed E-state index contributed by atoms with van der Waals surface area (Å²) in [4.78, 5) is 22.6. The Morgan fingerprint density at radius 1 is 1.13 bits per heavy atom. The summed E-state index contributed by atoms with van der Waals surface area (Å²) in [5, 5.41) is 2.53. The molecule has 1 N–H and O–H groups in total. The molecule has 1 aromatic carbocycles. The minimum absolute atomic E-state index is 0.144. The zero-order valence-corrected chi connectivity index (χ0v) is 16.7. The SMILES string of the molecule is O=C(Nc1ccc(N2CCOCC2)nc1)c1nc(-c2ccccc2Cl)oc1C(F)(F)F. The fourth-order valence-electron chi connectivity index (χ4n) is 3.05. The third kappa shape index (κ3) is 4.64. The predicted octanol–water partition coefficient (Wildman–Crippen LogP) is 4.50. The van der Waals surface area contributed by atoms with Gasteiger partial charge in [0.1, 0.15) is 5.82 Å². The van der Waals surface area contributed by atoms with Gasteiger partial charge in [0.15, 0.2) is 5.69 Å². The van der Waals surface area contributed by atoms with Crippen LogP contribution in [-0.2, 0) is 10.9 Å². The number of morpholine rings is 1. The van der Waals surface area contributed by atoms with Crippen LogP contribution in [0.25, 0.3) is 11.5 Å². The van der Waals surface area contributed by atoms with E-state index < -0.39 is 29.4 Å². The molecule has 1 aliphatic heterocycles. The molecular formula is C20H16ClF3N4O3. The second-order valence-corrected chi connectivity index (χ2v) is 7.04. The lowest BCUT2D eigenvalue weighted by Gasteiger charge is -2.27. The van der Waals surface area contributed by atoms with Crippen LogP contribution in [-0.4, -0.2) is 42.2 Å². The molecule has 0 spiro atoms. The van der Waals surface area contributed by atoms with E-state index >= 15 is 0 Å². The Balaban J connectivity index is 1.58. The summed E-state index contributed by atoms with van der Waals surface area (Å²) in [5.74, 6) is -2.29. The van der Waals surface area contributed by atoms with Crippen molar-refractivity contribution in [3.8, 4) is 11.5 Å². The second-order valence-electron chi connectivity index (χ2n) is 6.63. The lowest BCUT2D eigenvalue weighted by molar-refractivity contribution is -0.153. The standard InChI is InChI=1S/C20H16ClF3N4O3/c21-14-4-2-1-3-13(14)19-27-16(17(31-19)20(22,23)24)18(29)26-12-5-6-15(25-11-12)28-7-9-30-10-8-28/h1-6,11H,7-10H2,(H,26,29). The first kappa shape index (κ1) is 21.1. The molecule has 4 rings (SSSR count). The van der Waals surface area contributed by atoms with E-state index in [0.29, 0.717) is 32.1 Å². The Morgan fingerprint density at radius 3 is 2.52 bits per heavy atom. The summed E-state index contributed by atoms with van der Waals surface area (Å²) in [6, 6.07) is 9.34. The molecule has 1 amide bonds. The first-order chi connectivity index (χ1) is 14.8. The van der Waals surface area contributed by atoms with Crippen molar-refractivity contribution in [2.24, 2.45) is 0 Å². The van der Waals surface area contributed by atoms with Gasteiger partial charge in [-0.1, -0.05) is 23.7 Å². The molecule has 0 unspecified atom stereocenters. The van der Waals surface area contributed by atoms with E-state index in [1.165, 1.54) is 18.3 Å². The van der Waals surface area contributed by atoms with Crippen LogP contribution in [0.4, 0.5) is 24.7 Å². The maximum absolute atomic E-state index is 13.5. The molecule has 162 valence electrons. The number of rotatable bonds is 4. The van der Waals surface area contributed by atoms with Crippen LogP contribution in [0.2, 0.25) is 5.02 Å². The van der Waals surface area contributed by atoms with Crippen molar-refractivity contribution in [1.82, 2.24) is 9.97 Å². The minimum atomic E-state index is -4.92. The van der Waals surface area contributed by atoms with Gasteiger partial charge >= 0.3 is 6.18 Å². The molecule has 0 atom stereocenters. The third-order valence-corrected chi connectivity index (χ3v) is 4.87. The number of aromatic nitrogens is 2. The van der Waals surface area contributed by atoms with E-state index in [-0.39, 0.29) is 16.3 Å². The van der Waals surface area contributed by atoms with Crippen molar-refractivity contribution >= 4 is 29.0 Å². The third-order valence-electron chi connectivity index (χ3n) is 4.54. The maximum atomic E-state index is 13.5. The molecule has 7 nitrogen and oxygen atoms in total. The van der Waals surface area contributed by atoms with Gasteiger partial charge in [-0.15, -0.1) is 0 Å². The molecule has 31 heavy (non-hydrogen) atoms. The highest BCUT2D eigenvalue weighted by Gasteiger charge is 2.42. The van der Waals surface area contributed by atoms with Crippen molar-refractivity contribution in [2.45, 2.75) is 6.18 Å². The minimum Gasteiger partial charge on any atom is -0.431 e. The van der Waals surface area contributed by atoms with E-state index in [4.69, 9.17) is 20.8 Å². The van der Waals surface area contributed by atoms with Gasteiger partial charge in [0.25, 0.3) is 5.91 Å². The molecule has 0 bridgehead atoms. The lowest BCUT2D eigenvalue weighted by atomic mass is 10.2. The van der Waals surface area contributed by atoms with Gasteiger partial charge in [0.2, 0.25) is 11.7 Å². The van der Waals surface area contributed by atoms with Crippen molar-refractivity contribution in [2.75, 3.05) is 36.5 Å². The normalized spacial score (nSPS) is 14.5. The Labute approximate surface area is 179 Å². The van der Waals surface area contributed by atoms with Gasteiger partial charge < -0.3 is 19.4 Å². The molecule has 0 radical (unpaired) electrons. The summed E-state index contributed by atoms with van der Waals surface area (Å²) in [7, 11) is 0. The van der Waals surface area contributed by atoms with Crippen molar-refractivity contribution in [1.29, 1.82) is 0 Å². The monoisotopic (exact) mass is 452 g/mol. The van der Waals surface area contributed by atoms with Crippen LogP contribution in [0, 0.1) is 0 Å². The molecular weight excluding hydrogens is 437 g/mol. The molecule has 11 heteroatoms. The fraction of sp³-hybridized carbons (Fsp3) is 0.250. The molecule has 3 heterocycles. The van der Waals surface area contributed by atoms with Crippen molar-refractivity contribution < 1.29 is 27.1 Å². The Morgan fingerprint density at radius 2 is 1.87 bits per heavy atom. The number of carbonyl (C=O) groups excluding carboxylic acids is 1. The van der Waals surface area contributed by atoms with E-state index in [9.17, 15) is 18.0 Å². The van der Waals surface area contributed by atoms with Crippen LogP contribution < -0.4 is 10.2 Å². The number of anilines is 2. The molecule has 0 aliphatic carbocycles. The second kappa shape index (κ2) is 8.56. The highest BCUT2D eigenvalue weighted by Crippen LogP contribution is 2.37. The summed E-state index contributed by atoms with van der Waals surface area (Å²) < 4.78 is 50.6. The quantitative estimate of drug-likeness (QED) is 0.628. The molecule has 1 fully saturated rings. The number of hydrogen-bond acceptors (Lipinski definition) is 6. The van der Waals surface area contributed by atoms with Crippen LogP contribution in [0.1, 0.15) is 16.2 Å². The maximum Gasteiger partial charge on any atom is 0.452 e. The van der Waals surface area contributed by atoms with Crippen LogP contribution in [0.5, 0.6) is 0 Å². The summed E-state index contributed by atoms with van der Waals surface area (Å²) >= 11 is 6.02. The topological polar surface area (TPSA) is 80.5 Å². The number of carbonyl (C=O) groups is 1. The number of amides is 1. The Bertz CT molecular complexity index is 1080. The number of oxazole rings is 1. The number of hydrogen-bond donors (Lipinski definition) is 1. The number of halogens is 4. The van der Waals surface area contributed by atoms with Gasteiger partial charge in [-0.05, 0) is 24.3 Å². The molecule has 1 aliphatic rings. The molecule has 2 aromatic heterocycles. The van der Waals surface area contributed by atoms with Crippen molar-refractivity contribution in [3.05, 3.63) is 59.1 Å². The summed E-state index contributed by atoms with van der Waals surface area (Å²) in [6.07, 6.45) is -3.55. The number of nitrogens with one attached hydrogen (secondary N) is 1. The Kier molecular flexibility index (Phi) is 5.84. The number of benzene rings is 1. The number of pyridine rings is 1. The zero-order chi connectivity index (χ0) is 22.0. The van der Waals surface area contributed by atoms with E-state index in [1.54, 1.807) is 24.3 Å². The first-order valence-corrected chi connectivity index (χ1v) is 9.64. The van der Waals surface area contributed by atoms with Gasteiger partial charge in [0.05, 0.1) is 35.7 Å². The zero-order valence-electron chi connectivity index (χ0n) is 15.9. The van der Waals surface area contributed by atoms with Gasteiger partial charge in [-0.2, -0.15) is 13.2 Å². The molecule has 3 aromatic rings. The molecule has 0 saturated carbocycles.